The predicted octanol–water partition coefficient (Wildman–Crippen LogP) is 1.38. The van der Waals surface area contributed by atoms with Crippen LogP contribution in [0, 0.1) is 5.92 Å². The van der Waals surface area contributed by atoms with Gasteiger partial charge in [0.2, 0.25) is 0 Å². The van der Waals surface area contributed by atoms with Crippen molar-refractivity contribution >= 4 is 15.7 Å². The predicted molar refractivity (Wildman–Crippen MR) is 108 cm³/mol. The molecular weight excluding hydrogens is 362 g/mol. The molecule has 7 heteroatoms. The number of rotatable bonds is 6. The van der Waals surface area contributed by atoms with Gasteiger partial charge >= 0.3 is 0 Å². The Balaban J connectivity index is 1.55. The number of sulfone groups is 1. The summed E-state index contributed by atoms with van der Waals surface area (Å²) in [7, 11) is -0.880. The number of amides is 1. The van der Waals surface area contributed by atoms with Crippen molar-refractivity contribution in [1.82, 2.24) is 15.1 Å². The molecule has 2 heterocycles. The number of hydrogen-bond acceptors (Lipinski definition) is 5. The van der Waals surface area contributed by atoms with E-state index in [-0.39, 0.29) is 17.4 Å². The van der Waals surface area contributed by atoms with Crippen molar-refractivity contribution in [3.05, 3.63) is 35.4 Å². The van der Waals surface area contributed by atoms with Crippen LogP contribution < -0.4 is 5.32 Å². The summed E-state index contributed by atoms with van der Waals surface area (Å²) < 4.78 is 23.1. The maximum absolute atomic E-state index is 12.9. The van der Waals surface area contributed by atoms with Crippen LogP contribution in [-0.2, 0) is 16.4 Å². The Morgan fingerprint density at radius 1 is 1.15 bits per heavy atom. The van der Waals surface area contributed by atoms with Crippen molar-refractivity contribution in [3.8, 4) is 0 Å². The lowest BCUT2D eigenvalue weighted by molar-refractivity contribution is 0.0687. The van der Waals surface area contributed by atoms with Crippen LogP contribution in [-0.4, -0.2) is 75.4 Å². The van der Waals surface area contributed by atoms with Crippen molar-refractivity contribution < 1.29 is 13.2 Å². The molecule has 2 aliphatic rings. The Labute approximate surface area is 162 Å². The lowest BCUT2D eigenvalue weighted by Crippen LogP contribution is -2.40. The molecule has 0 saturated carbocycles. The lowest BCUT2D eigenvalue weighted by atomic mass is 9.93. The van der Waals surface area contributed by atoms with Gasteiger partial charge in [0, 0.05) is 38.3 Å². The van der Waals surface area contributed by atoms with Gasteiger partial charge in [-0.25, -0.2) is 8.42 Å². The van der Waals surface area contributed by atoms with Crippen LogP contribution in [0.25, 0.3) is 0 Å². The molecule has 6 nitrogen and oxygen atoms in total. The van der Waals surface area contributed by atoms with Gasteiger partial charge in [0.25, 0.3) is 5.91 Å². The van der Waals surface area contributed by atoms with Gasteiger partial charge in [0.05, 0.1) is 11.5 Å². The van der Waals surface area contributed by atoms with E-state index in [0.29, 0.717) is 25.6 Å². The Bertz CT molecular complexity index is 729. The SMILES string of the molecule is CNCCC1CCN(C(=O)c2cccc(CN3CCS(=O)(=O)CC3)c2)CC1. The summed E-state index contributed by atoms with van der Waals surface area (Å²) in [6, 6.07) is 7.81. The number of carbonyl (C=O) groups excluding carboxylic acids is 1. The summed E-state index contributed by atoms with van der Waals surface area (Å²) in [6.07, 6.45) is 3.34. The third-order valence-electron chi connectivity index (χ3n) is 5.72. The molecule has 0 unspecified atom stereocenters. The van der Waals surface area contributed by atoms with E-state index in [2.05, 4.69) is 10.2 Å². The van der Waals surface area contributed by atoms with E-state index in [1.165, 1.54) is 6.42 Å². The molecule has 1 amide bonds. The summed E-state index contributed by atoms with van der Waals surface area (Å²) in [5, 5.41) is 3.20. The second-order valence-corrected chi connectivity index (χ2v) is 10.1. The zero-order chi connectivity index (χ0) is 19.3. The summed E-state index contributed by atoms with van der Waals surface area (Å²) in [4.78, 5) is 17.0. The molecule has 0 aliphatic carbocycles. The highest BCUT2D eigenvalue weighted by Crippen LogP contribution is 2.22. The van der Waals surface area contributed by atoms with Gasteiger partial charge in [-0.3, -0.25) is 9.69 Å². The molecule has 0 aromatic heterocycles. The normalized spacial score (nSPS) is 21.3. The number of piperidine rings is 1. The molecule has 27 heavy (non-hydrogen) atoms. The number of nitrogens with one attached hydrogen (secondary N) is 1. The van der Waals surface area contributed by atoms with E-state index < -0.39 is 9.84 Å². The van der Waals surface area contributed by atoms with Crippen LogP contribution >= 0.6 is 0 Å². The van der Waals surface area contributed by atoms with Crippen LogP contribution in [0.1, 0.15) is 35.2 Å². The fourth-order valence-electron chi connectivity index (χ4n) is 3.93. The average molecular weight is 394 g/mol. The summed E-state index contributed by atoms with van der Waals surface area (Å²) in [5.74, 6) is 1.29. The Morgan fingerprint density at radius 3 is 2.52 bits per heavy atom. The smallest absolute Gasteiger partial charge is 0.253 e. The van der Waals surface area contributed by atoms with Gasteiger partial charge in [0.1, 0.15) is 0 Å². The van der Waals surface area contributed by atoms with Gasteiger partial charge in [-0.2, -0.15) is 0 Å². The fraction of sp³-hybridized carbons (Fsp3) is 0.650. The van der Waals surface area contributed by atoms with Gasteiger partial charge in [-0.15, -0.1) is 0 Å². The molecule has 3 rings (SSSR count). The van der Waals surface area contributed by atoms with E-state index in [1.54, 1.807) is 0 Å². The molecule has 0 radical (unpaired) electrons. The highest BCUT2D eigenvalue weighted by molar-refractivity contribution is 7.91. The zero-order valence-corrected chi connectivity index (χ0v) is 17.0. The van der Waals surface area contributed by atoms with Crippen LogP contribution in [0.15, 0.2) is 24.3 Å². The van der Waals surface area contributed by atoms with Crippen molar-refractivity contribution in [2.45, 2.75) is 25.8 Å². The standard InChI is InChI=1S/C20H31N3O3S/c1-21-8-5-17-6-9-23(10-7-17)20(24)19-4-2-3-18(15-19)16-22-11-13-27(25,26)14-12-22/h2-4,15,17,21H,5-14,16H2,1H3. The first-order valence-electron chi connectivity index (χ1n) is 9.92. The Kier molecular flexibility index (Phi) is 6.89. The molecule has 2 fully saturated rings. The van der Waals surface area contributed by atoms with E-state index >= 15 is 0 Å². The van der Waals surface area contributed by atoms with Crippen LogP contribution in [0.5, 0.6) is 0 Å². The molecular formula is C20H31N3O3S. The summed E-state index contributed by atoms with van der Waals surface area (Å²) >= 11 is 0. The Hall–Kier alpha value is -1.44. The quantitative estimate of drug-likeness (QED) is 0.791. The third kappa shape index (κ3) is 5.77. The molecule has 2 aliphatic heterocycles. The lowest BCUT2D eigenvalue weighted by Gasteiger charge is -2.32. The number of carbonyl (C=O) groups is 1. The van der Waals surface area contributed by atoms with Crippen molar-refractivity contribution in [2.75, 3.05) is 51.3 Å². The average Bonchev–Trinajstić information content (AvgIpc) is 2.68. The van der Waals surface area contributed by atoms with Crippen LogP contribution in [0.4, 0.5) is 0 Å². The van der Waals surface area contributed by atoms with Crippen LogP contribution in [0.2, 0.25) is 0 Å². The number of nitrogens with zero attached hydrogens (tertiary/aromatic N) is 2. The minimum Gasteiger partial charge on any atom is -0.339 e. The number of hydrogen-bond donors (Lipinski definition) is 1. The van der Waals surface area contributed by atoms with E-state index in [0.717, 1.165) is 43.6 Å². The molecule has 0 spiro atoms. The molecule has 1 aromatic rings. The van der Waals surface area contributed by atoms with Crippen molar-refractivity contribution in [1.29, 1.82) is 0 Å². The first kappa shape index (κ1) is 20.3. The number of likely N-dealkylation sites (tertiary alicyclic amines) is 1. The minimum absolute atomic E-state index is 0.116. The Morgan fingerprint density at radius 2 is 1.85 bits per heavy atom. The highest BCUT2D eigenvalue weighted by atomic mass is 32.2. The second-order valence-electron chi connectivity index (χ2n) is 7.76. The summed E-state index contributed by atoms with van der Waals surface area (Å²) in [6.45, 7) is 4.55. The molecule has 2 saturated heterocycles. The van der Waals surface area contributed by atoms with Gasteiger partial charge in [-0.05, 0) is 56.5 Å². The first-order chi connectivity index (χ1) is 13.0. The van der Waals surface area contributed by atoms with Crippen molar-refractivity contribution in [2.24, 2.45) is 5.92 Å². The van der Waals surface area contributed by atoms with Gasteiger partial charge in [0.15, 0.2) is 9.84 Å². The summed E-state index contributed by atoms with van der Waals surface area (Å²) in [5.41, 5.74) is 1.81. The maximum atomic E-state index is 12.9. The minimum atomic E-state index is -2.86. The van der Waals surface area contributed by atoms with E-state index in [1.807, 2.05) is 36.2 Å². The third-order valence-corrected chi connectivity index (χ3v) is 7.33. The molecule has 1 aromatic carbocycles. The highest BCUT2D eigenvalue weighted by Gasteiger charge is 2.24. The monoisotopic (exact) mass is 393 g/mol. The molecule has 0 bridgehead atoms. The van der Waals surface area contributed by atoms with E-state index in [4.69, 9.17) is 0 Å². The van der Waals surface area contributed by atoms with Gasteiger partial charge < -0.3 is 10.2 Å². The molecule has 150 valence electrons. The molecule has 0 atom stereocenters. The number of benzene rings is 1. The zero-order valence-electron chi connectivity index (χ0n) is 16.2. The first-order valence-corrected chi connectivity index (χ1v) is 11.7. The van der Waals surface area contributed by atoms with E-state index in [9.17, 15) is 13.2 Å². The van der Waals surface area contributed by atoms with Crippen LogP contribution in [0.3, 0.4) is 0 Å². The fourth-order valence-corrected chi connectivity index (χ4v) is 5.20. The largest absolute Gasteiger partial charge is 0.339 e. The topological polar surface area (TPSA) is 69.7 Å². The maximum Gasteiger partial charge on any atom is 0.253 e. The molecule has 1 N–H and O–H groups in total. The second kappa shape index (κ2) is 9.17. The van der Waals surface area contributed by atoms with Gasteiger partial charge in [-0.1, -0.05) is 12.1 Å². The van der Waals surface area contributed by atoms with Crippen molar-refractivity contribution in [3.63, 3.8) is 0 Å².